The van der Waals surface area contributed by atoms with E-state index in [1.807, 2.05) is 20.8 Å². The van der Waals surface area contributed by atoms with Crippen molar-refractivity contribution in [1.82, 2.24) is 0 Å². The fourth-order valence-corrected chi connectivity index (χ4v) is 2.02. The normalized spacial score (nSPS) is 26.9. The van der Waals surface area contributed by atoms with Gasteiger partial charge >= 0.3 is 5.97 Å². The molecule has 0 radical (unpaired) electrons. The van der Waals surface area contributed by atoms with Gasteiger partial charge in [-0.15, -0.1) is 0 Å². The Bertz CT molecular complexity index is 270. The van der Waals surface area contributed by atoms with Crippen LogP contribution in [0.4, 0.5) is 0 Å². The lowest BCUT2D eigenvalue weighted by molar-refractivity contribution is -0.163. The van der Waals surface area contributed by atoms with Crippen molar-refractivity contribution < 1.29 is 9.53 Å². The molecule has 14 heavy (non-hydrogen) atoms. The fraction of sp³-hybridized carbons (Fsp3) is 0.909. The summed E-state index contributed by atoms with van der Waals surface area (Å²) in [5, 5.41) is 0. The Labute approximate surface area is 85.0 Å². The maximum absolute atomic E-state index is 11.9. The van der Waals surface area contributed by atoms with E-state index >= 15 is 0 Å². The Morgan fingerprint density at radius 2 is 1.71 bits per heavy atom. The Morgan fingerprint density at radius 3 is 2.00 bits per heavy atom. The molecule has 2 aliphatic rings. The average Bonchev–Trinajstić information content (AvgIpc) is 2.75. The summed E-state index contributed by atoms with van der Waals surface area (Å²) in [5.41, 5.74) is 5.17. The van der Waals surface area contributed by atoms with Gasteiger partial charge in [-0.3, -0.25) is 4.79 Å². The van der Waals surface area contributed by atoms with Gasteiger partial charge in [0.15, 0.2) is 0 Å². The Hall–Kier alpha value is -0.570. The van der Waals surface area contributed by atoms with Crippen molar-refractivity contribution in [2.24, 2.45) is 11.1 Å². The largest absolute Gasteiger partial charge is 0.459 e. The molecule has 2 fully saturated rings. The highest BCUT2D eigenvalue weighted by atomic mass is 16.6. The van der Waals surface area contributed by atoms with Gasteiger partial charge in [0, 0.05) is 5.54 Å². The molecule has 2 N–H and O–H groups in total. The summed E-state index contributed by atoms with van der Waals surface area (Å²) in [6, 6.07) is 0. The van der Waals surface area contributed by atoms with E-state index in [0.29, 0.717) is 0 Å². The molecular weight excluding hydrogens is 178 g/mol. The van der Waals surface area contributed by atoms with Crippen molar-refractivity contribution in [3.8, 4) is 0 Å². The van der Waals surface area contributed by atoms with Gasteiger partial charge in [-0.2, -0.15) is 0 Å². The molecule has 0 bridgehead atoms. The van der Waals surface area contributed by atoms with Gasteiger partial charge < -0.3 is 10.5 Å². The quantitative estimate of drug-likeness (QED) is 0.684. The van der Waals surface area contributed by atoms with Crippen LogP contribution < -0.4 is 5.73 Å². The third-order valence-corrected chi connectivity index (χ3v) is 3.28. The molecule has 2 saturated carbocycles. The molecule has 0 amide bonds. The molecule has 3 nitrogen and oxygen atoms in total. The number of rotatable bonds is 2. The molecule has 0 aromatic rings. The third-order valence-electron chi connectivity index (χ3n) is 3.28. The van der Waals surface area contributed by atoms with Crippen LogP contribution in [0.15, 0.2) is 0 Å². The van der Waals surface area contributed by atoms with Gasteiger partial charge in [-0.05, 0) is 46.5 Å². The van der Waals surface area contributed by atoms with Crippen LogP contribution in [0.25, 0.3) is 0 Å². The number of esters is 1. The fourth-order valence-electron chi connectivity index (χ4n) is 2.02. The average molecular weight is 197 g/mol. The molecule has 0 unspecified atom stereocenters. The topological polar surface area (TPSA) is 52.3 Å². The molecule has 0 aromatic carbocycles. The van der Waals surface area contributed by atoms with E-state index < -0.39 is 5.60 Å². The lowest BCUT2D eigenvalue weighted by Gasteiger charge is -2.27. The van der Waals surface area contributed by atoms with E-state index in [2.05, 4.69) is 0 Å². The van der Waals surface area contributed by atoms with E-state index in [1.165, 1.54) is 0 Å². The smallest absolute Gasteiger partial charge is 0.314 e. The second-order valence-corrected chi connectivity index (χ2v) is 5.74. The van der Waals surface area contributed by atoms with Crippen LogP contribution in [0.3, 0.4) is 0 Å². The first-order chi connectivity index (χ1) is 6.29. The van der Waals surface area contributed by atoms with Crippen molar-refractivity contribution in [3.63, 3.8) is 0 Å². The first kappa shape index (κ1) is 9.97. The zero-order valence-corrected chi connectivity index (χ0v) is 9.22. The summed E-state index contributed by atoms with van der Waals surface area (Å²) in [6.45, 7) is 5.70. The molecule has 80 valence electrons. The molecule has 0 spiro atoms. The van der Waals surface area contributed by atoms with E-state index in [-0.39, 0.29) is 16.9 Å². The lowest BCUT2D eigenvalue weighted by atomic mass is 9.94. The SMILES string of the molecule is CC(C)(C)OC(=O)C1(C2(N)CC2)CC1. The van der Waals surface area contributed by atoms with Crippen LogP contribution in [-0.2, 0) is 9.53 Å². The minimum Gasteiger partial charge on any atom is -0.459 e. The molecule has 3 heteroatoms. The van der Waals surface area contributed by atoms with Gasteiger partial charge in [-0.1, -0.05) is 0 Å². The van der Waals surface area contributed by atoms with Crippen LogP contribution in [-0.4, -0.2) is 17.1 Å². The van der Waals surface area contributed by atoms with Crippen molar-refractivity contribution >= 4 is 5.97 Å². The van der Waals surface area contributed by atoms with Crippen LogP contribution >= 0.6 is 0 Å². The summed E-state index contributed by atoms with van der Waals surface area (Å²) >= 11 is 0. The van der Waals surface area contributed by atoms with Crippen LogP contribution in [0, 0.1) is 5.41 Å². The molecule has 0 atom stereocenters. The highest BCUT2D eigenvalue weighted by Crippen LogP contribution is 2.63. The number of carbonyl (C=O) groups excluding carboxylic acids is 1. The first-order valence-corrected chi connectivity index (χ1v) is 5.32. The second-order valence-electron chi connectivity index (χ2n) is 5.74. The molecule has 0 aliphatic heterocycles. The van der Waals surface area contributed by atoms with Crippen molar-refractivity contribution in [3.05, 3.63) is 0 Å². The van der Waals surface area contributed by atoms with Crippen LogP contribution in [0.5, 0.6) is 0 Å². The molecule has 0 heterocycles. The Balaban J connectivity index is 2.05. The van der Waals surface area contributed by atoms with Gasteiger partial charge in [0.25, 0.3) is 0 Å². The minimum absolute atomic E-state index is 0.0787. The van der Waals surface area contributed by atoms with Gasteiger partial charge in [0.05, 0.1) is 5.41 Å². The van der Waals surface area contributed by atoms with E-state index in [0.717, 1.165) is 25.7 Å². The minimum atomic E-state index is -0.391. The van der Waals surface area contributed by atoms with Gasteiger partial charge in [-0.25, -0.2) is 0 Å². The van der Waals surface area contributed by atoms with Crippen molar-refractivity contribution in [2.75, 3.05) is 0 Å². The van der Waals surface area contributed by atoms with E-state index in [1.54, 1.807) is 0 Å². The lowest BCUT2D eigenvalue weighted by Crippen LogP contribution is -2.43. The maximum Gasteiger partial charge on any atom is 0.314 e. The predicted octanol–water partition coefficient (Wildman–Crippen LogP) is 1.60. The number of hydrogen-bond acceptors (Lipinski definition) is 3. The maximum atomic E-state index is 11.9. The second kappa shape index (κ2) is 2.51. The third kappa shape index (κ3) is 1.44. The van der Waals surface area contributed by atoms with Gasteiger partial charge in [0.1, 0.15) is 5.60 Å². The molecule has 2 rings (SSSR count). The summed E-state index contributed by atoms with van der Waals surface area (Å²) in [6.07, 6.45) is 3.79. The molecule has 0 aromatic heterocycles. The van der Waals surface area contributed by atoms with E-state index in [4.69, 9.17) is 10.5 Å². The summed E-state index contributed by atoms with van der Waals surface area (Å²) in [5.74, 6) is -0.0787. The highest BCUT2D eigenvalue weighted by Gasteiger charge is 2.69. The number of carbonyl (C=O) groups is 1. The predicted molar refractivity (Wildman–Crippen MR) is 53.7 cm³/mol. The zero-order chi connectivity index (χ0) is 10.6. The molecule has 2 aliphatic carbocycles. The monoisotopic (exact) mass is 197 g/mol. The molecule has 0 saturated heterocycles. The van der Waals surface area contributed by atoms with Crippen molar-refractivity contribution in [1.29, 1.82) is 0 Å². The first-order valence-electron chi connectivity index (χ1n) is 5.32. The number of ether oxygens (including phenoxy) is 1. The number of nitrogens with two attached hydrogens (primary N) is 1. The standard InChI is InChI=1S/C11H19NO2/c1-9(2,3)14-8(13)10(4-5-10)11(12)6-7-11/h4-7,12H2,1-3H3. The zero-order valence-electron chi connectivity index (χ0n) is 9.22. The Morgan fingerprint density at radius 1 is 1.21 bits per heavy atom. The summed E-state index contributed by atoms with van der Waals surface area (Å²) < 4.78 is 5.41. The number of hydrogen-bond donors (Lipinski definition) is 1. The van der Waals surface area contributed by atoms with E-state index in [9.17, 15) is 4.79 Å². The van der Waals surface area contributed by atoms with Crippen LogP contribution in [0.2, 0.25) is 0 Å². The van der Waals surface area contributed by atoms with Gasteiger partial charge in [0.2, 0.25) is 0 Å². The highest BCUT2D eigenvalue weighted by molar-refractivity contribution is 5.83. The van der Waals surface area contributed by atoms with Crippen LogP contribution in [0.1, 0.15) is 46.5 Å². The Kier molecular flexibility index (Phi) is 1.79. The van der Waals surface area contributed by atoms with Crippen molar-refractivity contribution in [2.45, 2.75) is 57.6 Å². The summed E-state index contributed by atoms with van der Waals surface area (Å²) in [7, 11) is 0. The summed E-state index contributed by atoms with van der Waals surface area (Å²) in [4.78, 5) is 11.9. The molecular formula is C11H19NO2.